The number of nitrogens with one attached hydrogen (secondary N) is 2. The van der Waals surface area contributed by atoms with Crippen molar-refractivity contribution in [2.24, 2.45) is 0 Å². The minimum atomic E-state index is 0.465. The molecule has 2 fully saturated rings. The Morgan fingerprint density at radius 3 is 2.61 bits per heavy atom. The van der Waals surface area contributed by atoms with Gasteiger partial charge in [0.05, 0.1) is 17.1 Å². The first-order valence-electron chi connectivity index (χ1n) is 17.0. The summed E-state index contributed by atoms with van der Waals surface area (Å²) in [5.41, 5.74) is 11.6. The lowest BCUT2D eigenvalue weighted by Gasteiger charge is -2.38. The second kappa shape index (κ2) is 16.4. The van der Waals surface area contributed by atoms with Crippen molar-refractivity contribution in [3.8, 4) is 0 Å². The summed E-state index contributed by atoms with van der Waals surface area (Å²) in [7, 11) is 2.20. The van der Waals surface area contributed by atoms with Gasteiger partial charge in [0, 0.05) is 50.0 Å². The molecule has 0 spiro atoms. The molecule has 1 saturated carbocycles. The van der Waals surface area contributed by atoms with E-state index < -0.39 is 0 Å². The van der Waals surface area contributed by atoms with Crippen LogP contribution in [-0.2, 0) is 0 Å². The van der Waals surface area contributed by atoms with Gasteiger partial charge in [-0.05, 0) is 107 Å². The van der Waals surface area contributed by atoms with Gasteiger partial charge in [-0.3, -0.25) is 0 Å². The van der Waals surface area contributed by atoms with Gasteiger partial charge in [0.25, 0.3) is 0 Å². The summed E-state index contributed by atoms with van der Waals surface area (Å²) >= 11 is 0. The summed E-state index contributed by atoms with van der Waals surface area (Å²) in [6.07, 6.45) is 12.6. The Hall–Kier alpha value is -4.19. The van der Waals surface area contributed by atoms with Crippen molar-refractivity contribution in [2.75, 3.05) is 68.0 Å². The summed E-state index contributed by atoms with van der Waals surface area (Å²) in [5.74, 6) is 1.29. The van der Waals surface area contributed by atoms with Crippen molar-refractivity contribution in [1.82, 2.24) is 15.2 Å². The predicted molar refractivity (Wildman–Crippen MR) is 195 cm³/mol. The Bertz CT molecular complexity index is 1520. The van der Waals surface area contributed by atoms with Gasteiger partial charge in [-0.25, -0.2) is 4.98 Å². The van der Waals surface area contributed by atoms with Crippen LogP contribution < -0.4 is 20.4 Å². The highest BCUT2D eigenvalue weighted by Gasteiger charge is 2.29. The van der Waals surface area contributed by atoms with Crippen molar-refractivity contribution in [3.63, 3.8) is 0 Å². The molecule has 7 nitrogen and oxygen atoms in total. The van der Waals surface area contributed by atoms with Gasteiger partial charge in [-0.1, -0.05) is 44.4 Å². The molecule has 0 atom stereocenters. The zero-order chi connectivity index (χ0) is 32.3. The van der Waals surface area contributed by atoms with E-state index in [0.717, 1.165) is 107 Å². The fourth-order valence-corrected chi connectivity index (χ4v) is 6.03. The number of piperazine rings is 1. The highest BCUT2D eigenvalue weighted by atomic mass is 16.3. The third-order valence-electron chi connectivity index (χ3n) is 8.81. The van der Waals surface area contributed by atoms with Crippen LogP contribution in [0, 0.1) is 6.92 Å². The molecule has 2 heterocycles. The number of aromatic nitrogens is 1. The molecule has 0 amide bonds. The van der Waals surface area contributed by atoms with E-state index in [1.54, 1.807) is 6.26 Å². The van der Waals surface area contributed by atoms with Crippen LogP contribution in [0.1, 0.15) is 74.1 Å². The molecule has 7 heteroatoms. The summed E-state index contributed by atoms with van der Waals surface area (Å²) in [6, 6.07) is 15.6. The molecule has 2 aromatic carbocycles. The van der Waals surface area contributed by atoms with Crippen molar-refractivity contribution in [2.45, 2.75) is 58.3 Å². The fourth-order valence-electron chi connectivity index (χ4n) is 6.03. The zero-order valence-corrected chi connectivity index (χ0v) is 28.2. The number of allylic oxidation sites excluding steroid dienone is 2. The summed E-state index contributed by atoms with van der Waals surface area (Å²) in [5, 5.41) is 7.39. The molecule has 0 unspecified atom stereocenters. The van der Waals surface area contributed by atoms with E-state index in [-0.39, 0.29) is 0 Å². The smallest absolute Gasteiger partial charge is 0.197 e. The summed E-state index contributed by atoms with van der Waals surface area (Å²) in [4.78, 5) is 12.1. The molecule has 5 rings (SSSR count). The molecular formula is C39H52N6O. The molecule has 1 aliphatic carbocycles. The number of unbranched alkanes of at least 4 members (excludes halogenated alkanes) is 1. The van der Waals surface area contributed by atoms with E-state index in [1.807, 2.05) is 6.08 Å². The molecule has 46 heavy (non-hydrogen) atoms. The number of benzene rings is 2. The standard InChI is InChI=1S/C39H52N6O/c1-6-8-9-10-21-43(5)22-12-20-40-35(13-7-2)33-18-19-38(45-25-23-44(24-26-45)34-15-11-14-30(3)27-34)36(28-33)41-31(4)37-29-46-39(42-37)32-16-17-32/h8,11,13-15,18-19,27-29,32,40-41H,1,4,7,9-10,12,16-17,20-26H2,2-3,5H3/b35-13+. The number of oxazole rings is 1. The van der Waals surface area contributed by atoms with Crippen LogP contribution >= 0.6 is 0 Å². The molecule has 1 aliphatic heterocycles. The molecule has 1 saturated heterocycles. The van der Waals surface area contributed by atoms with Crippen molar-refractivity contribution < 1.29 is 4.42 Å². The van der Waals surface area contributed by atoms with Gasteiger partial charge < -0.3 is 29.8 Å². The van der Waals surface area contributed by atoms with Gasteiger partial charge in [-0.15, -0.1) is 5.73 Å². The summed E-state index contributed by atoms with van der Waals surface area (Å²) in [6.45, 7) is 19.3. The first-order chi connectivity index (χ1) is 22.4. The van der Waals surface area contributed by atoms with Crippen LogP contribution in [-0.4, -0.2) is 62.7 Å². The maximum Gasteiger partial charge on any atom is 0.197 e. The molecule has 1 aromatic heterocycles. The number of rotatable bonds is 17. The zero-order valence-electron chi connectivity index (χ0n) is 28.2. The average molecular weight is 621 g/mol. The molecule has 0 radical (unpaired) electrons. The Morgan fingerprint density at radius 1 is 1.09 bits per heavy atom. The lowest BCUT2D eigenvalue weighted by atomic mass is 10.1. The number of anilines is 3. The Morgan fingerprint density at radius 2 is 1.87 bits per heavy atom. The SMILES string of the molecule is C=C=CCCCN(C)CCCN/C(=C/CC)c1ccc(N2CCN(c3cccc(C)c3)CC2)c(NC(=C)c2coc(C3CC3)n2)c1. The molecule has 0 bridgehead atoms. The van der Waals surface area contributed by atoms with Crippen LogP contribution in [0.15, 0.2) is 84.2 Å². The van der Waals surface area contributed by atoms with Crippen molar-refractivity contribution >= 4 is 28.5 Å². The van der Waals surface area contributed by atoms with Gasteiger partial charge in [0.2, 0.25) is 0 Å². The van der Waals surface area contributed by atoms with Crippen molar-refractivity contribution in [1.29, 1.82) is 0 Å². The topological polar surface area (TPSA) is 59.8 Å². The predicted octanol–water partition coefficient (Wildman–Crippen LogP) is 8.05. The largest absolute Gasteiger partial charge is 0.448 e. The Balaban J connectivity index is 1.29. The van der Waals surface area contributed by atoms with E-state index in [9.17, 15) is 0 Å². The maximum atomic E-state index is 5.80. The number of nitrogens with zero attached hydrogens (tertiary/aromatic N) is 4. The highest BCUT2D eigenvalue weighted by Crippen LogP contribution is 2.40. The van der Waals surface area contributed by atoms with Crippen LogP contribution in [0.25, 0.3) is 11.4 Å². The van der Waals surface area contributed by atoms with E-state index >= 15 is 0 Å². The van der Waals surface area contributed by atoms with Crippen LogP contribution in [0.4, 0.5) is 17.1 Å². The third-order valence-corrected chi connectivity index (χ3v) is 8.81. The van der Waals surface area contributed by atoms with E-state index in [4.69, 9.17) is 9.40 Å². The Kier molecular flexibility index (Phi) is 11.8. The molecule has 2 N–H and O–H groups in total. The minimum Gasteiger partial charge on any atom is -0.448 e. The molecule has 3 aromatic rings. The highest BCUT2D eigenvalue weighted by molar-refractivity contribution is 5.84. The van der Waals surface area contributed by atoms with E-state index in [1.165, 1.54) is 28.2 Å². The third kappa shape index (κ3) is 9.18. The average Bonchev–Trinajstić information content (AvgIpc) is 3.80. The van der Waals surface area contributed by atoms with Gasteiger partial charge in [0.1, 0.15) is 12.0 Å². The molecular weight excluding hydrogens is 568 g/mol. The summed E-state index contributed by atoms with van der Waals surface area (Å²) < 4.78 is 5.80. The first kappa shape index (κ1) is 33.2. The Labute approximate surface area is 276 Å². The quantitative estimate of drug-likeness (QED) is 0.117. The second-order valence-corrected chi connectivity index (χ2v) is 12.7. The van der Waals surface area contributed by atoms with Gasteiger partial charge in [0.15, 0.2) is 5.89 Å². The maximum absolute atomic E-state index is 5.80. The van der Waals surface area contributed by atoms with Crippen LogP contribution in [0.2, 0.25) is 0 Å². The van der Waals surface area contributed by atoms with E-state index in [0.29, 0.717) is 5.92 Å². The van der Waals surface area contributed by atoms with Gasteiger partial charge in [-0.2, -0.15) is 0 Å². The lowest BCUT2D eigenvalue weighted by Crippen LogP contribution is -2.46. The lowest BCUT2D eigenvalue weighted by molar-refractivity contribution is 0.326. The first-order valence-corrected chi connectivity index (χ1v) is 17.0. The number of hydrogen-bond acceptors (Lipinski definition) is 7. The number of hydrogen-bond donors (Lipinski definition) is 2. The van der Waals surface area contributed by atoms with Gasteiger partial charge >= 0.3 is 0 Å². The monoisotopic (exact) mass is 620 g/mol. The normalized spacial score (nSPS) is 15.2. The van der Waals surface area contributed by atoms with E-state index in [2.05, 4.69) is 114 Å². The molecule has 244 valence electrons. The molecule has 2 aliphatic rings. The van der Waals surface area contributed by atoms with Crippen LogP contribution in [0.5, 0.6) is 0 Å². The minimum absolute atomic E-state index is 0.465. The van der Waals surface area contributed by atoms with Crippen LogP contribution in [0.3, 0.4) is 0 Å². The second-order valence-electron chi connectivity index (χ2n) is 12.7. The fraction of sp³-hybridized carbons (Fsp3) is 0.436. The van der Waals surface area contributed by atoms with Crippen molar-refractivity contribution in [3.05, 3.63) is 102 Å². The number of aryl methyl sites for hydroxylation is 1.